The molecule has 0 radical (unpaired) electrons. The largest absolute Gasteiger partial charge is 0.478 e. The summed E-state index contributed by atoms with van der Waals surface area (Å²) in [6, 6.07) is 4.78. The molecule has 0 saturated heterocycles. The van der Waals surface area contributed by atoms with Gasteiger partial charge < -0.3 is 5.11 Å². The van der Waals surface area contributed by atoms with E-state index in [1.807, 2.05) is 6.92 Å². The van der Waals surface area contributed by atoms with Gasteiger partial charge in [0.25, 0.3) is 0 Å². The highest BCUT2D eigenvalue weighted by atomic mass is 79.9. The summed E-state index contributed by atoms with van der Waals surface area (Å²) < 4.78 is 1.78. The summed E-state index contributed by atoms with van der Waals surface area (Å²) >= 11 is 9.23. The highest BCUT2D eigenvalue weighted by molar-refractivity contribution is 9.08. The molecule has 2 rings (SSSR count). The minimum atomic E-state index is -1.03. The third-order valence-corrected chi connectivity index (χ3v) is 3.56. The van der Waals surface area contributed by atoms with Gasteiger partial charge in [-0.05, 0) is 24.6 Å². The topological polar surface area (TPSA) is 68.0 Å². The zero-order valence-corrected chi connectivity index (χ0v) is 13.1. The third-order valence-electron chi connectivity index (χ3n) is 2.82. The molecule has 0 aliphatic heterocycles. The second kappa shape index (κ2) is 6.37. The number of alkyl halides is 1. The van der Waals surface area contributed by atoms with E-state index in [9.17, 15) is 9.90 Å². The molecule has 0 fully saturated rings. The van der Waals surface area contributed by atoms with Crippen molar-refractivity contribution >= 4 is 33.5 Å². The number of aromatic carboxylic acids is 1. The summed E-state index contributed by atoms with van der Waals surface area (Å²) in [5.41, 5.74) is 0.668. The van der Waals surface area contributed by atoms with Gasteiger partial charge in [-0.2, -0.15) is 0 Å². The Kier molecular flexibility index (Phi) is 4.77. The van der Waals surface area contributed by atoms with Gasteiger partial charge >= 0.3 is 5.97 Å². The highest BCUT2D eigenvalue weighted by Gasteiger charge is 2.18. The van der Waals surface area contributed by atoms with E-state index >= 15 is 0 Å². The highest BCUT2D eigenvalue weighted by Crippen LogP contribution is 2.23. The number of carboxylic acids is 1. The van der Waals surface area contributed by atoms with Crippen LogP contribution in [0.1, 0.15) is 35.4 Å². The number of benzene rings is 1. The van der Waals surface area contributed by atoms with E-state index in [4.69, 9.17) is 11.6 Å². The molecule has 5 nitrogen and oxygen atoms in total. The average molecular weight is 359 g/mol. The Morgan fingerprint density at radius 3 is 2.70 bits per heavy atom. The van der Waals surface area contributed by atoms with E-state index in [1.54, 1.807) is 16.7 Å². The van der Waals surface area contributed by atoms with Crippen molar-refractivity contribution in [2.45, 2.75) is 25.1 Å². The molecule has 1 aromatic heterocycles. The molecule has 0 aliphatic carbocycles. The van der Waals surface area contributed by atoms with Gasteiger partial charge in [-0.25, -0.2) is 4.79 Å². The van der Waals surface area contributed by atoms with E-state index in [0.29, 0.717) is 21.9 Å². The number of rotatable bonds is 5. The van der Waals surface area contributed by atoms with Crippen LogP contribution in [0.3, 0.4) is 0 Å². The maximum absolute atomic E-state index is 11.4. The van der Waals surface area contributed by atoms with Crippen LogP contribution in [0.5, 0.6) is 0 Å². The van der Waals surface area contributed by atoms with E-state index in [1.165, 1.54) is 6.07 Å². The average Bonchev–Trinajstić information content (AvgIpc) is 2.82. The monoisotopic (exact) mass is 357 g/mol. The lowest BCUT2D eigenvalue weighted by Crippen LogP contribution is -2.10. The van der Waals surface area contributed by atoms with Crippen molar-refractivity contribution in [3.63, 3.8) is 0 Å². The molecule has 0 unspecified atom stereocenters. The number of aromatic nitrogens is 3. The normalized spacial score (nSPS) is 10.8. The van der Waals surface area contributed by atoms with Crippen LogP contribution < -0.4 is 0 Å². The molecule has 1 heterocycles. The summed E-state index contributed by atoms with van der Waals surface area (Å²) in [6.45, 7) is 2.03. The van der Waals surface area contributed by atoms with Gasteiger partial charge in [0.15, 0.2) is 0 Å². The van der Waals surface area contributed by atoms with E-state index in [-0.39, 0.29) is 5.56 Å². The van der Waals surface area contributed by atoms with Crippen molar-refractivity contribution in [2.24, 2.45) is 0 Å². The van der Waals surface area contributed by atoms with Gasteiger partial charge in [0.2, 0.25) is 0 Å². The molecule has 106 valence electrons. The maximum atomic E-state index is 11.4. The van der Waals surface area contributed by atoms with Gasteiger partial charge in [0, 0.05) is 11.4 Å². The van der Waals surface area contributed by atoms with Crippen molar-refractivity contribution in [1.29, 1.82) is 0 Å². The lowest BCUT2D eigenvalue weighted by molar-refractivity contribution is 0.0697. The molecular formula is C13H13BrClN3O2. The summed E-state index contributed by atoms with van der Waals surface area (Å²) in [6.07, 6.45) is 1.62. The predicted molar refractivity (Wildman–Crippen MR) is 80.0 cm³/mol. The lowest BCUT2D eigenvalue weighted by Gasteiger charge is -2.12. The van der Waals surface area contributed by atoms with Crippen molar-refractivity contribution in [2.75, 3.05) is 0 Å². The Hall–Kier alpha value is -1.40. The minimum absolute atomic E-state index is 0.136. The summed E-state index contributed by atoms with van der Waals surface area (Å²) in [5, 5.41) is 18.5. The molecule has 0 spiro atoms. The molecule has 1 aromatic carbocycles. The first kappa shape index (κ1) is 15.0. The number of hydrogen-bond donors (Lipinski definition) is 1. The van der Waals surface area contributed by atoms with Gasteiger partial charge in [0.1, 0.15) is 11.6 Å². The van der Waals surface area contributed by atoms with Gasteiger partial charge in [-0.15, -0.1) is 10.2 Å². The van der Waals surface area contributed by atoms with Crippen LogP contribution in [0, 0.1) is 0 Å². The van der Waals surface area contributed by atoms with E-state index in [2.05, 4.69) is 26.1 Å². The summed E-state index contributed by atoms with van der Waals surface area (Å²) in [4.78, 5) is 11.4. The van der Waals surface area contributed by atoms with Crippen LogP contribution in [0.25, 0.3) is 5.69 Å². The molecule has 2 aromatic rings. The zero-order valence-electron chi connectivity index (χ0n) is 10.8. The third kappa shape index (κ3) is 2.86. The standard InChI is InChI=1S/C13H13BrClN3O2/c1-2-3-11-16-17-12(7-14)18(11)10-5-4-8(15)6-9(10)13(19)20/h4-6H,2-3,7H2,1H3,(H,19,20). The van der Waals surface area contributed by atoms with Crippen molar-refractivity contribution in [3.8, 4) is 5.69 Å². The number of carbonyl (C=O) groups is 1. The fourth-order valence-corrected chi connectivity index (χ4v) is 2.51. The molecule has 20 heavy (non-hydrogen) atoms. The molecule has 0 saturated carbocycles. The van der Waals surface area contributed by atoms with Gasteiger partial charge in [0.05, 0.1) is 16.6 Å². The smallest absolute Gasteiger partial charge is 0.337 e. The van der Waals surface area contributed by atoms with Crippen molar-refractivity contribution in [3.05, 3.63) is 40.4 Å². The Morgan fingerprint density at radius 2 is 2.10 bits per heavy atom. The van der Waals surface area contributed by atoms with Gasteiger partial charge in [-0.1, -0.05) is 34.5 Å². The predicted octanol–water partition coefficient (Wildman–Crippen LogP) is 3.47. The Morgan fingerprint density at radius 1 is 1.40 bits per heavy atom. The van der Waals surface area contributed by atoms with E-state index < -0.39 is 5.97 Å². The number of aryl methyl sites for hydroxylation is 1. The molecule has 7 heteroatoms. The molecule has 0 atom stereocenters. The number of halogens is 2. The summed E-state index contributed by atoms with van der Waals surface area (Å²) in [5.74, 6) is 0.379. The van der Waals surface area contributed by atoms with Crippen molar-refractivity contribution in [1.82, 2.24) is 14.8 Å². The molecular weight excluding hydrogens is 346 g/mol. The Bertz CT molecular complexity index is 643. The molecule has 0 bridgehead atoms. The first-order valence-corrected chi connectivity index (χ1v) is 7.60. The SMILES string of the molecule is CCCc1nnc(CBr)n1-c1ccc(Cl)cc1C(=O)O. The lowest BCUT2D eigenvalue weighted by atomic mass is 10.1. The van der Waals surface area contributed by atoms with Crippen LogP contribution in [0.15, 0.2) is 18.2 Å². The maximum Gasteiger partial charge on any atom is 0.337 e. The molecule has 0 amide bonds. The molecule has 1 N–H and O–H groups in total. The number of nitrogens with zero attached hydrogens (tertiary/aromatic N) is 3. The van der Waals surface area contributed by atoms with Crippen LogP contribution in [0.4, 0.5) is 0 Å². The van der Waals surface area contributed by atoms with Gasteiger partial charge in [-0.3, -0.25) is 4.57 Å². The minimum Gasteiger partial charge on any atom is -0.478 e. The summed E-state index contributed by atoms with van der Waals surface area (Å²) in [7, 11) is 0. The zero-order chi connectivity index (χ0) is 14.7. The second-order valence-corrected chi connectivity index (χ2v) is 5.22. The van der Waals surface area contributed by atoms with Crippen molar-refractivity contribution < 1.29 is 9.90 Å². The number of hydrogen-bond acceptors (Lipinski definition) is 3. The Balaban J connectivity index is 2.67. The first-order valence-electron chi connectivity index (χ1n) is 6.10. The fourth-order valence-electron chi connectivity index (χ4n) is 1.98. The fraction of sp³-hybridized carbons (Fsp3) is 0.308. The first-order chi connectivity index (χ1) is 9.58. The molecule has 0 aliphatic rings. The van der Waals surface area contributed by atoms with Crippen LogP contribution in [-0.4, -0.2) is 25.8 Å². The quantitative estimate of drug-likeness (QED) is 0.831. The number of carboxylic acid groups (broad SMARTS) is 1. The Labute approximate surface area is 129 Å². The van der Waals surface area contributed by atoms with E-state index in [0.717, 1.165) is 18.7 Å². The van der Waals surface area contributed by atoms with Crippen LogP contribution >= 0.6 is 27.5 Å². The van der Waals surface area contributed by atoms with Crippen LogP contribution in [0.2, 0.25) is 5.02 Å². The van der Waals surface area contributed by atoms with Crippen LogP contribution in [-0.2, 0) is 11.8 Å². The second-order valence-electron chi connectivity index (χ2n) is 4.22.